The molecule has 0 aliphatic carbocycles. The second kappa shape index (κ2) is 9.82. The van der Waals surface area contributed by atoms with Gasteiger partial charge in [0, 0.05) is 25.4 Å². The van der Waals surface area contributed by atoms with Crippen molar-refractivity contribution in [2.24, 2.45) is 5.92 Å². The van der Waals surface area contributed by atoms with Crippen LogP contribution in [0.15, 0.2) is 53.5 Å². The number of pyridine rings is 1. The zero-order valence-electron chi connectivity index (χ0n) is 15.2. The third kappa shape index (κ3) is 6.96. The van der Waals surface area contributed by atoms with Crippen molar-refractivity contribution in [2.45, 2.75) is 46.1 Å². The Bertz CT molecular complexity index is 717. The Morgan fingerprint density at radius 3 is 2.44 bits per heavy atom. The van der Waals surface area contributed by atoms with Crippen LogP contribution in [0.5, 0.6) is 0 Å². The minimum atomic E-state index is 0.0208. The van der Waals surface area contributed by atoms with E-state index in [0.29, 0.717) is 25.4 Å². The first-order valence-electron chi connectivity index (χ1n) is 9.04. The Morgan fingerprint density at radius 1 is 1.04 bits per heavy atom. The second-order valence-electron chi connectivity index (χ2n) is 6.88. The van der Waals surface area contributed by atoms with Crippen LogP contribution in [0.3, 0.4) is 0 Å². The fourth-order valence-electron chi connectivity index (χ4n) is 2.79. The highest BCUT2D eigenvalue weighted by Crippen LogP contribution is 2.10. The van der Waals surface area contributed by atoms with Crippen LogP contribution in [0.4, 0.5) is 0 Å². The summed E-state index contributed by atoms with van der Waals surface area (Å²) in [6, 6.07) is 13.5. The molecular weight excluding hydrogens is 312 g/mol. The number of unbranched alkanes of at least 4 members (excludes halogenated alkanes) is 1. The van der Waals surface area contributed by atoms with E-state index in [1.54, 1.807) is 22.9 Å². The van der Waals surface area contributed by atoms with Gasteiger partial charge in [-0.15, -0.1) is 0 Å². The van der Waals surface area contributed by atoms with Crippen LogP contribution in [0.2, 0.25) is 0 Å². The number of carbonyl (C=O) groups excluding carboxylic acids is 1. The van der Waals surface area contributed by atoms with Gasteiger partial charge in [-0.2, -0.15) is 0 Å². The van der Waals surface area contributed by atoms with Crippen LogP contribution >= 0.6 is 0 Å². The lowest BCUT2D eigenvalue weighted by Gasteiger charge is -2.08. The van der Waals surface area contributed by atoms with Crippen LogP contribution in [-0.2, 0) is 24.2 Å². The van der Waals surface area contributed by atoms with Gasteiger partial charge in [0.1, 0.15) is 0 Å². The van der Waals surface area contributed by atoms with Crippen LogP contribution < -0.4 is 10.9 Å². The van der Waals surface area contributed by atoms with Gasteiger partial charge in [0.2, 0.25) is 11.5 Å². The van der Waals surface area contributed by atoms with E-state index in [1.165, 1.54) is 5.56 Å². The lowest BCUT2D eigenvalue weighted by atomic mass is 10.0. The van der Waals surface area contributed by atoms with Crippen molar-refractivity contribution in [1.29, 1.82) is 0 Å². The number of amides is 1. The highest BCUT2D eigenvalue weighted by molar-refractivity contribution is 5.78. The molecule has 0 unspecified atom stereocenters. The van der Waals surface area contributed by atoms with Gasteiger partial charge in [-0.1, -0.05) is 44.2 Å². The fourth-order valence-corrected chi connectivity index (χ4v) is 2.79. The molecule has 1 N–H and O–H groups in total. The summed E-state index contributed by atoms with van der Waals surface area (Å²) in [7, 11) is 0. The molecule has 4 nitrogen and oxygen atoms in total. The highest BCUT2D eigenvalue weighted by Gasteiger charge is 2.04. The van der Waals surface area contributed by atoms with Gasteiger partial charge < -0.3 is 9.88 Å². The van der Waals surface area contributed by atoms with Crippen molar-refractivity contribution in [3.05, 3.63) is 70.1 Å². The number of aromatic nitrogens is 1. The number of nitrogens with zero attached hydrogens (tertiary/aromatic N) is 1. The third-order valence-electron chi connectivity index (χ3n) is 4.08. The van der Waals surface area contributed by atoms with Gasteiger partial charge in [0.05, 0.1) is 6.42 Å². The molecule has 0 spiro atoms. The highest BCUT2D eigenvalue weighted by atomic mass is 16.1. The molecule has 0 saturated heterocycles. The number of hydrogen-bond donors (Lipinski definition) is 1. The molecule has 1 heterocycles. The van der Waals surface area contributed by atoms with Gasteiger partial charge in [-0.25, -0.2) is 0 Å². The molecule has 134 valence electrons. The molecule has 4 heteroatoms. The molecule has 0 saturated carbocycles. The Labute approximate surface area is 149 Å². The van der Waals surface area contributed by atoms with E-state index in [9.17, 15) is 9.59 Å². The van der Waals surface area contributed by atoms with Crippen LogP contribution in [-0.4, -0.2) is 17.0 Å². The summed E-state index contributed by atoms with van der Waals surface area (Å²) in [5, 5.41) is 2.95. The Hall–Kier alpha value is -2.36. The Morgan fingerprint density at radius 2 is 1.76 bits per heavy atom. The Kier molecular flexibility index (Phi) is 7.45. The van der Waals surface area contributed by atoms with Crippen molar-refractivity contribution < 1.29 is 4.79 Å². The molecule has 0 bridgehead atoms. The minimum absolute atomic E-state index is 0.0208. The monoisotopic (exact) mass is 340 g/mol. The van der Waals surface area contributed by atoms with E-state index in [1.807, 2.05) is 18.2 Å². The number of carbonyl (C=O) groups is 1. The van der Waals surface area contributed by atoms with Gasteiger partial charge in [-0.05, 0) is 42.4 Å². The minimum Gasteiger partial charge on any atom is -0.356 e. The molecule has 1 aromatic heterocycles. The summed E-state index contributed by atoms with van der Waals surface area (Å²) >= 11 is 0. The van der Waals surface area contributed by atoms with Gasteiger partial charge >= 0.3 is 0 Å². The van der Waals surface area contributed by atoms with E-state index in [2.05, 4.69) is 31.3 Å². The van der Waals surface area contributed by atoms with E-state index in [0.717, 1.165) is 24.8 Å². The smallest absolute Gasteiger partial charge is 0.250 e. The summed E-state index contributed by atoms with van der Waals surface area (Å²) in [6.07, 6.45) is 5.01. The first kappa shape index (κ1) is 19.0. The molecule has 1 aromatic carbocycles. The lowest BCUT2D eigenvalue weighted by Crippen LogP contribution is -2.26. The summed E-state index contributed by atoms with van der Waals surface area (Å²) in [5.74, 6) is 0.689. The number of rotatable bonds is 9. The van der Waals surface area contributed by atoms with Crippen LogP contribution in [0, 0.1) is 5.92 Å². The Balaban J connectivity index is 1.65. The number of benzene rings is 1. The van der Waals surface area contributed by atoms with Crippen molar-refractivity contribution >= 4 is 5.91 Å². The van der Waals surface area contributed by atoms with Crippen molar-refractivity contribution in [1.82, 2.24) is 9.88 Å². The lowest BCUT2D eigenvalue weighted by molar-refractivity contribution is -0.120. The molecular formula is C21H28N2O2. The maximum absolute atomic E-state index is 12.0. The summed E-state index contributed by atoms with van der Waals surface area (Å²) in [4.78, 5) is 23.6. The molecule has 2 aromatic rings. The van der Waals surface area contributed by atoms with Crippen molar-refractivity contribution in [2.75, 3.05) is 6.54 Å². The summed E-state index contributed by atoms with van der Waals surface area (Å²) in [5.41, 5.74) is 2.38. The van der Waals surface area contributed by atoms with Crippen molar-refractivity contribution in [3.8, 4) is 0 Å². The van der Waals surface area contributed by atoms with Gasteiger partial charge in [-0.3, -0.25) is 9.59 Å². The SMILES string of the molecule is CC(C)Cc1ccc(CC(=O)NCCCCn2ccccc2=O)cc1. The maximum Gasteiger partial charge on any atom is 0.250 e. The van der Waals surface area contributed by atoms with E-state index < -0.39 is 0 Å². The average molecular weight is 340 g/mol. The molecule has 0 atom stereocenters. The molecule has 0 aliphatic rings. The standard InChI is InChI=1S/C21H28N2O2/c1-17(2)15-18-8-10-19(11-9-18)16-20(24)22-12-4-6-14-23-13-5-3-7-21(23)25/h3,5,7-11,13,17H,4,6,12,14-16H2,1-2H3,(H,22,24). The van der Waals surface area contributed by atoms with Crippen LogP contribution in [0.25, 0.3) is 0 Å². The van der Waals surface area contributed by atoms with Gasteiger partial charge in [0.25, 0.3) is 0 Å². The second-order valence-corrected chi connectivity index (χ2v) is 6.88. The molecule has 0 radical (unpaired) electrons. The molecule has 0 fully saturated rings. The predicted octanol–water partition coefficient (Wildman–Crippen LogP) is 3.19. The molecule has 25 heavy (non-hydrogen) atoms. The van der Waals surface area contributed by atoms with E-state index >= 15 is 0 Å². The maximum atomic E-state index is 12.0. The van der Waals surface area contributed by atoms with Crippen LogP contribution in [0.1, 0.15) is 37.8 Å². The van der Waals surface area contributed by atoms with E-state index in [-0.39, 0.29) is 11.5 Å². The number of nitrogens with one attached hydrogen (secondary N) is 1. The zero-order chi connectivity index (χ0) is 18.1. The number of aryl methyl sites for hydroxylation is 1. The number of hydrogen-bond acceptors (Lipinski definition) is 2. The normalized spacial score (nSPS) is 10.8. The average Bonchev–Trinajstić information content (AvgIpc) is 2.57. The van der Waals surface area contributed by atoms with Crippen molar-refractivity contribution in [3.63, 3.8) is 0 Å². The first-order valence-corrected chi connectivity index (χ1v) is 9.04. The quantitative estimate of drug-likeness (QED) is 0.713. The van der Waals surface area contributed by atoms with Gasteiger partial charge in [0.15, 0.2) is 0 Å². The molecule has 2 rings (SSSR count). The van der Waals surface area contributed by atoms with E-state index in [4.69, 9.17) is 0 Å². The zero-order valence-corrected chi connectivity index (χ0v) is 15.2. The largest absolute Gasteiger partial charge is 0.356 e. The summed E-state index contributed by atoms with van der Waals surface area (Å²) in [6.45, 7) is 5.74. The topological polar surface area (TPSA) is 51.1 Å². The summed E-state index contributed by atoms with van der Waals surface area (Å²) < 4.78 is 1.69. The third-order valence-corrected chi connectivity index (χ3v) is 4.08. The molecule has 0 aliphatic heterocycles. The molecule has 1 amide bonds. The first-order chi connectivity index (χ1) is 12.0. The predicted molar refractivity (Wildman–Crippen MR) is 102 cm³/mol. The fraction of sp³-hybridized carbons (Fsp3) is 0.429.